The maximum absolute atomic E-state index is 6.13. The number of nitrogens with one attached hydrogen (secondary N) is 1. The van der Waals surface area contributed by atoms with E-state index in [1.165, 1.54) is 0 Å². The van der Waals surface area contributed by atoms with Gasteiger partial charge in [-0.3, -0.25) is 0 Å². The predicted molar refractivity (Wildman–Crippen MR) is 91.1 cm³/mol. The zero-order valence-electron chi connectivity index (χ0n) is 13.8. The lowest BCUT2D eigenvalue weighted by Crippen LogP contribution is -2.41. The van der Waals surface area contributed by atoms with Crippen molar-refractivity contribution in [2.75, 3.05) is 19.0 Å². The number of ether oxygens (including phenoxy) is 3. The Morgan fingerprint density at radius 3 is 2.65 bits per heavy atom. The van der Waals surface area contributed by atoms with Crippen LogP contribution in [0.1, 0.15) is 31.9 Å². The average molecular weight is 313 g/mol. The van der Waals surface area contributed by atoms with Crippen molar-refractivity contribution < 1.29 is 14.2 Å². The zero-order chi connectivity index (χ0) is 16.3. The van der Waals surface area contributed by atoms with Crippen LogP contribution in [0, 0.1) is 0 Å². The Bertz CT molecular complexity index is 659. The molecular formula is C19H23NO3. The maximum Gasteiger partial charge on any atom is 0.209 e. The van der Waals surface area contributed by atoms with Crippen LogP contribution in [0.3, 0.4) is 0 Å². The van der Waals surface area contributed by atoms with Gasteiger partial charge >= 0.3 is 0 Å². The van der Waals surface area contributed by atoms with Gasteiger partial charge < -0.3 is 19.5 Å². The van der Waals surface area contributed by atoms with Crippen LogP contribution in [-0.2, 0) is 4.74 Å². The molecule has 4 heteroatoms. The Labute approximate surface area is 137 Å². The average Bonchev–Trinajstić information content (AvgIpc) is 2.57. The number of benzene rings is 2. The highest BCUT2D eigenvalue weighted by molar-refractivity contribution is 5.54. The van der Waals surface area contributed by atoms with Gasteiger partial charge in [0.15, 0.2) is 11.5 Å². The first-order valence-corrected chi connectivity index (χ1v) is 7.96. The van der Waals surface area contributed by atoms with Crippen molar-refractivity contribution >= 4 is 5.69 Å². The first kappa shape index (κ1) is 15.7. The summed E-state index contributed by atoms with van der Waals surface area (Å²) < 4.78 is 17.5. The molecule has 1 heterocycles. The minimum atomic E-state index is -0.688. The molecule has 0 aromatic heterocycles. The Morgan fingerprint density at radius 2 is 1.96 bits per heavy atom. The SMILES string of the molecule is CCOc1cccc2c1O[C@@](C)(OC)C[C@H]2Nc1ccccc1. The van der Waals surface area contributed by atoms with Crippen molar-refractivity contribution in [3.63, 3.8) is 0 Å². The third-order valence-corrected chi connectivity index (χ3v) is 4.12. The second kappa shape index (κ2) is 6.50. The van der Waals surface area contributed by atoms with Crippen molar-refractivity contribution in [2.45, 2.75) is 32.1 Å². The summed E-state index contributed by atoms with van der Waals surface area (Å²) in [7, 11) is 1.67. The number of methoxy groups -OCH3 is 1. The monoisotopic (exact) mass is 313 g/mol. The minimum absolute atomic E-state index is 0.0894. The number of anilines is 1. The van der Waals surface area contributed by atoms with Crippen molar-refractivity contribution in [1.82, 2.24) is 0 Å². The Hall–Kier alpha value is -2.20. The molecule has 0 saturated carbocycles. The standard InChI is InChI=1S/C19H23NO3/c1-4-22-17-12-8-11-15-16(20-14-9-6-5-7-10-14)13-19(2,21-3)23-18(15)17/h5-12,16,20H,4,13H2,1-3H3/t16-,19-/m1/s1. The molecule has 1 N–H and O–H groups in total. The molecule has 3 rings (SSSR count). The number of rotatable bonds is 5. The van der Waals surface area contributed by atoms with E-state index in [0.717, 1.165) is 22.7 Å². The van der Waals surface area contributed by atoms with Gasteiger partial charge in [-0.1, -0.05) is 30.3 Å². The number of para-hydroxylation sites is 2. The van der Waals surface area contributed by atoms with E-state index < -0.39 is 5.79 Å². The van der Waals surface area contributed by atoms with Gasteiger partial charge in [-0.05, 0) is 25.1 Å². The Morgan fingerprint density at radius 1 is 1.17 bits per heavy atom. The van der Waals surface area contributed by atoms with Crippen LogP contribution < -0.4 is 14.8 Å². The van der Waals surface area contributed by atoms with Crippen LogP contribution in [0.15, 0.2) is 48.5 Å². The topological polar surface area (TPSA) is 39.7 Å². The van der Waals surface area contributed by atoms with Gasteiger partial charge in [0.2, 0.25) is 5.79 Å². The van der Waals surface area contributed by atoms with E-state index in [0.29, 0.717) is 13.0 Å². The molecule has 1 aliphatic rings. The smallest absolute Gasteiger partial charge is 0.209 e. The van der Waals surface area contributed by atoms with Crippen LogP contribution in [0.4, 0.5) is 5.69 Å². The molecule has 23 heavy (non-hydrogen) atoms. The first-order chi connectivity index (χ1) is 11.1. The summed E-state index contributed by atoms with van der Waals surface area (Å²) in [5.74, 6) is 0.832. The summed E-state index contributed by atoms with van der Waals surface area (Å²) in [6.45, 7) is 4.52. The normalized spacial score (nSPS) is 22.8. The minimum Gasteiger partial charge on any atom is -0.490 e. The zero-order valence-corrected chi connectivity index (χ0v) is 13.8. The first-order valence-electron chi connectivity index (χ1n) is 7.96. The predicted octanol–water partition coefficient (Wildman–Crippen LogP) is 4.38. The molecule has 0 amide bonds. The number of hydrogen-bond acceptors (Lipinski definition) is 4. The lowest BCUT2D eigenvalue weighted by atomic mass is 9.94. The molecular weight excluding hydrogens is 290 g/mol. The maximum atomic E-state index is 6.13. The van der Waals surface area contributed by atoms with Gasteiger partial charge in [-0.25, -0.2) is 0 Å². The molecule has 0 fully saturated rings. The van der Waals surface area contributed by atoms with Crippen molar-refractivity contribution in [3.05, 3.63) is 54.1 Å². The highest BCUT2D eigenvalue weighted by atomic mass is 16.7. The lowest BCUT2D eigenvalue weighted by Gasteiger charge is -2.39. The van der Waals surface area contributed by atoms with Crippen LogP contribution >= 0.6 is 0 Å². The summed E-state index contributed by atoms with van der Waals surface area (Å²) in [6.07, 6.45) is 0.709. The van der Waals surface area contributed by atoms with E-state index in [9.17, 15) is 0 Å². The summed E-state index contributed by atoms with van der Waals surface area (Å²) >= 11 is 0. The molecule has 122 valence electrons. The quantitative estimate of drug-likeness (QED) is 0.889. The van der Waals surface area contributed by atoms with Gasteiger partial charge in [-0.15, -0.1) is 0 Å². The summed E-state index contributed by atoms with van der Waals surface area (Å²) in [5.41, 5.74) is 2.17. The fourth-order valence-electron chi connectivity index (χ4n) is 2.91. The molecule has 0 unspecified atom stereocenters. The van der Waals surface area contributed by atoms with E-state index in [4.69, 9.17) is 14.2 Å². The van der Waals surface area contributed by atoms with E-state index in [2.05, 4.69) is 23.5 Å². The van der Waals surface area contributed by atoms with Gasteiger partial charge in [0.25, 0.3) is 0 Å². The van der Waals surface area contributed by atoms with Crippen LogP contribution in [-0.4, -0.2) is 19.5 Å². The molecule has 2 aromatic carbocycles. The summed E-state index contributed by atoms with van der Waals surface area (Å²) in [4.78, 5) is 0. The number of fused-ring (bicyclic) bond motifs is 1. The Balaban J connectivity index is 1.99. The summed E-state index contributed by atoms with van der Waals surface area (Å²) in [5, 5.41) is 3.58. The van der Waals surface area contributed by atoms with Gasteiger partial charge in [0, 0.05) is 31.7 Å². The molecule has 0 spiro atoms. The van der Waals surface area contributed by atoms with Crippen LogP contribution in [0.25, 0.3) is 0 Å². The van der Waals surface area contributed by atoms with E-state index in [1.807, 2.05) is 44.2 Å². The molecule has 0 radical (unpaired) electrons. The van der Waals surface area contributed by atoms with E-state index in [1.54, 1.807) is 7.11 Å². The molecule has 1 aliphatic heterocycles. The second-order valence-corrected chi connectivity index (χ2v) is 5.81. The van der Waals surface area contributed by atoms with Gasteiger partial charge in [0.1, 0.15) is 0 Å². The van der Waals surface area contributed by atoms with E-state index >= 15 is 0 Å². The van der Waals surface area contributed by atoms with Crippen LogP contribution in [0.5, 0.6) is 11.5 Å². The van der Waals surface area contributed by atoms with Crippen molar-refractivity contribution in [2.24, 2.45) is 0 Å². The van der Waals surface area contributed by atoms with Crippen molar-refractivity contribution in [1.29, 1.82) is 0 Å². The largest absolute Gasteiger partial charge is 0.490 e. The fourth-order valence-corrected chi connectivity index (χ4v) is 2.91. The molecule has 0 bridgehead atoms. The summed E-state index contributed by atoms with van der Waals surface area (Å²) in [6, 6.07) is 16.3. The molecule has 0 saturated heterocycles. The molecule has 2 atom stereocenters. The molecule has 2 aromatic rings. The van der Waals surface area contributed by atoms with Crippen molar-refractivity contribution in [3.8, 4) is 11.5 Å². The molecule has 0 aliphatic carbocycles. The number of hydrogen-bond donors (Lipinski definition) is 1. The van der Waals surface area contributed by atoms with Crippen LogP contribution in [0.2, 0.25) is 0 Å². The molecule has 4 nitrogen and oxygen atoms in total. The van der Waals surface area contributed by atoms with Gasteiger partial charge in [0.05, 0.1) is 12.6 Å². The third-order valence-electron chi connectivity index (χ3n) is 4.12. The second-order valence-electron chi connectivity index (χ2n) is 5.81. The Kier molecular flexibility index (Phi) is 4.44. The highest BCUT2D eigenvalue weighted by Crippen LogP contribution is 2.46. The fraction of sp³-hybridized carbons (Fsp3) is 0.368. The van der Waals surface area contributed by atoms with E-state index in [-0.39, 0.29) is 6.04 Å². The lowest BCUT2D eigenvalue weighted by molar-refractivity contribution is -0.164. The third kappa shape index (κ3) is 3.27. The highest BCUT2D eigenvalue weighted by Gasteiger charge is 2.39. The van der Waals surface area contributed by atoms with Gasteiger partial charge in [-0.2, -0.15) is 0 Å².